The zero-order valence-corrected chi connectivity index (χ0v) is 9.69. The SMILES string of the molecule is CN1COc2c(ccc3c2CN(C)CO3)C1. The Balaban J connectivity index is 2.04. The third-order valence-electron chi connectivity index (χ3n) is 3.04. The van der Waals surface area contributed by atoms with Gasteiger partial charge in [0.2, 0.25) is 0 Å². The van der Waals surface area contributed by atoms with Crippen molar-refractivity contribution in [3.63, 3.8) is 0 Å². The molecule has 0 fully saturated rings. The molecule has 0 spiro atoms. The highest BCUT2D eigenvalue weighted by Crippen LogP contribution is 2.37. The lowest BCUT2D eigenvalue weighted by atomic mass is 10.0. The highest BCUT2D eigenvalue weighted by atomic mass is 16.5. The summed E-state index contributed by atoms with van der Waals surface area (Å²) >= 11 is 0. The Bertz CT molecular complexity index is 420. The van der Waals surface area contributed by atoms with Crippen molar-refractivity contribution in [1.82, 2.24) is 9.80 Å². The van der Waals surface area contributed by atoms with Crippen LogP contribution >= 0.6 is 0 Å². The van der Waals surface area contributed by atoms with Crippen LogP contribution < -0.4 is 9.47 Å². The van der Waals surface area contributed by atoms with Gasteiger partial charge in [-0.2, -0.15) is 0 Å². The zero-order valence-electron chi connectivity index (χ0n) is 9.69. The lowest BCUT2D eigenvalue weighted by Crippen LogP contribution is -2.32. The fourth-order valence-electron chi connectivity index (χ4n) is 2.25. The average molecular weight is 220 g/mol. The molecule has 2 aliphatic rings. The monoisotopic (exact) mass is 220 g/mol. The van der Waals surface area contributed by atoms with Gasteiger partial charge in [0.25, 0.3) is 0 Å². The summed E-state index contributed by atoms with van der Waals surface area (Å²) in [6.07, 6.45) is 0. The molecule has 0 saturated heterocycles. The first-order valence-electron chi connectivity index (χ1n) is 5.51. The normalized spacial score (nSPS) is 20.6. The number of benzene rings is 1. The fraction of sp³-hybridized carbons (Fsp3) is 0.500. The molecule has 4 nitrogen and oxygen atoms in total. The molecule has 0 bridgehead atoms. The number of rotatable bonds is 0. The summed E-state index contributed by atoms with van der Waals surface area (Å²) in [6.45, 7) is 3.17. The Morgan fingerprint density at radius 1 is 1.00 bits per heavy atom. The van der Waals surface area contributed by atoms with E-state index in [9.17, 15) is 0 Å². The van der Waals surface area contributed by atoms with Crippen molar-refractivity contribution in [2.45, 2.75) is 13.1 Å². The molecular formula is C12H16N2O2. The van der Waals surface area contributed by atoms with Gasteiger partial charge in [-0.15, -0.1) is 0 Å². The molecule has 1 aromatic carbocycles. The van der Waals surface area contributed by atoms with Crippen LogP contribution in [-0.4, -0.2) is 37.4 Å². The maximum atomic E-state index is 5.80. The number of hydrogen-bond donors (Lipinski definition) is 0. The Hall–Kier alpha value is -1.26. The zero-order chi connectivity index (χ0) is 11.1. The van der Waals surface area contributed by atoms with Crippen molar-refractivity contribution in [2.75, 3.05) is 27.6 Å². The molecule has 0 N–H and O–H groups in total. The van der Waals surface area contributed by atoms with Crippen molar-refractivity contribution < 1.29 is 9.47 Å². The van der Waals surface area contributed by atoms with Gasteiger partial charge in [-0.05, 0) is 20.2 Å². The third-order valence-corrected chi connectivity index (χ3v) is 3.04. The van der Waals surface area contributed by atoms with Gasteiger partial charge in [0.15, 0.2) is 0 Å². The molecule has 2 aliphatic heterocycles. The Morgan fingerprint density at radius 3 is 2.62 bits per heavy atom. The van der Waals surface area contributed by atoms with Crippen molar-refractivity contribution in [1.29, 1.82) is 0 Å². The topological polar surface area (TPSA) is 24.9 Å². The predicted octanol–water partition coefficient (Wildman–Crippen LogP) is 1.25. The summed E-state index contributed by atoms with van der Waals surface area (Å²) in [5.41, 5.74) is 2.45. The summed E-state index contributed by atoms with van der Waals surface area (Å²) in [6, 6.07) is 4.17. The van der Waals surface area contributed by atoms with Crippen LogP contribution in [0.15, 0.2) is 12.1 Å². The Kier molecular flexibility index (Phi) is 2.26. The first kappa shape index (κ1) is 9.93. The molecule has 16 heavy (non-hydrogen) atoms. The van der Waals surface area contributed by atoms with Crippen LogP contribution in [0.4, 0.5) is 0 Å². The highest BCUT2D eigenvalue weighted by Gasteiger charge is 2.24. The van der Waals surface area contributed by atoms with Gasteiger partial charge in [-0.25, -0.2) is 0 Å². The van der Waals surface area contributed by atoms with Crippen LogP contribution in [-0.2, 0) is 13.1 Å². The minimum absolute atomic E-state index is 0.658. The van der Waals surface area contributed by atoms with Gasteiger partial charge in [0.05, 0.1) is 5.56 Å². The summed E-state index contributed by atoms with van der Waals surface area (Å²) in [4.78, 5) is 4.30. The van der Waals surface area contributed by atoms with E-state index in [1.54, 1.807) is 0 Å². The summed E-state index contributed by atoms with van der Waals surface area (Å²) in [5.74, 6) is 2.00. The largest absolute Gasteiger partial charge is 0.478 e. The van der Waals surface area contributed by atoms with Crippen LogP contribution in [0.5, 0.6) is 11.5 Å². The maximum Gasteiger partial charge on any atom is 0.142 e. The van der Waals surface area contributed by atoms with E-state index < -0.39 is 0 Å². The van der Waals surface area contributed by atoms with E-state index in [0.717, 1.165) is 24.6 Å². The molecular weight excluding hydrogens is 204 g/mol. The number of fused-ring (bicyclic) bond motifs is 3. The van der Waals surface area contributed by atoms with Gasteiger partial charge >= 0.3 is 0 Å². The fourth-order valence-corrected chi connectivity index (χ4v) is 2.25. The van der Waals surface area contributed by atoms with Crippen molar-refractivity contribution in [3.05, 3.63) is 23.3 Å². The smallest absolute Gasteiger partial charge is 0.142 e. The van der Waals surface area contributed by atoms with E-state index in [-0.39, 0.29) is 0 Å². The van der Waals surface area contributed by atoms with E-state index in [4.69, 9.17) is 9.47 Å². The molecule has 4 heteroatoms. The molecule has 0 unspecified atom stereocenters. The van der Waals surface area contributed by atoms with Crippen LogP contribution in [0.2, 0.25) is 0 Å². The Labute approximate surface area is 95.4 Å². The third kappa shape index (κ3) is 1.54. The van der Waals surface area contributed by atoms with E-state index in [1.807, 2.05) is 0 Å². The average Bonchev–Trinajstić information content (AvgIpc) is 2.28. The van der Waals surface area contributed by atoms with Crippen LogP contribution in [0.3, 0.4) is 0 Å². The minimum Gasteiger partial charge on any atom is -0.478 e. The second-order valence-electron chi connectivity index (χ2n) is 4.61. The van der Waals surface area contributed by atoms with Gasteiger partial charge < -0.3 is 9.47 Å². The number of ether oxygens (including phenoxy) is 2. The quantitative estimate of drug-likeness (QED) is 0.657. The van der Waals surface area contributed by atoms with E-state index in [0.29, 0.717) is 13.5 Å². The number of nitrogens with zero attached hydrogens (tertiary/aromatic N) is 2. The Morgan fingerprint density at radius 2 is 1.75 bits per heavy atom. The molecule has 0 saturated carbocycles. The second-order valence-corrected chi connectivity index (χ2v) is 4.61. The summed E-state index contributed by atoms with van der Waals surface area (Å²) in [5, 5.41) is 0. The van der Waals surface area contributed by atoms with Gasteiger partial charge in [-0.1, -0.05) is 6.07 Å². The first-order chi connectivity index (χ1) is 7.74. The molecule has 2 heterocycles. The van der Waals surface area contributed by atoms with Gasteiger partial charge in [-0.3, -0.25) is 9.80 Å². The van der Waals surface area contributed by atoms with Crippen LogP contribution in [0.1, 0.15) is 11.1 Å². The first-order valence-corrected chi connectivity index (χ1v) is 5.51. The number of hydrogen-bond acceptors (Lipinski definition) is 4. The molecule has 3 rings (SSSR count). The molecule has 0 radical (unpaired) electrons. The van der Waals surface area contributed by atoms with Crippen molar-refractivity contribution in [3.8, 4) is 11.5 Å². The molecule has 86 valence electrons. The lowest BCUT2D eigenvalue weighted by Gasteiger charge is -2.32. The van der Waals surface area contributed by atoms with Crippen LogP contribution in [0, 0.1) is 0 Å². The second kappa shape index (κ2) is 3.64. The van der Waals surface area contributed by atoms with Gasteiger partial charge in [0, 0.05) is 18.7 Å². The maximum absolute atomic E-state index is 5.80. The van der Waals surface area contributed by atoms with Gasteiger partial charge in [0.1, 0.15) is 25.0 Å². The molecule has 0 atom stereocenters. The van der Waals surface area contributed by atoms with Crippen molar-refractivity contribution >= 4 is 0 Å². The summed E-state index contributed by atoms with van der Waals surface area (Å²) < 4.78 is 11.5. The molecule has 1 aromatic rings. The highest BCUT2D eigenvalue weighted by molar-refractivity contribution is 5.51. The molecule has 0 amide bonds. The summed E-state index contributed by atoms with van der Waals surface area (Å²) in [7, 11) is 4.11. The van der Waals surface area contributed by atoms with E-state index in [1.165, 1.54) is 11.1 Å². The minimum atomic E-state index is 0.658. The molecule has 0 aromatic heterocycles. The lowest BCUT2D eigenvalue weighted by molar-refractivity contribution is 0.0986. The predicted molar refractivity (Wildman–Crippen MR) is 60.4 cm³/mol. The molecule has 0 aliphatic carbocycles. The van der Waals surface area contributed by atoms with Crippen LogP contribution in [0.25, 0.3) is 0 Å². The van der Waals surface area contributed by atoms with E-state index in [2.05, 4.69) is 36.0 Å². The standard InChI is InChI=1S/C12H16N2O2/c1-13-5-9-3-4-11-10(12(9)16-8-13)6-14(2)7-15-11/h3-4H,5-8H2,1-2H3. The van der Waals surface area contributed by atoms with Crippen molar-refractivity contribution in [2.24, 2.45) is 0 Å². The van der Waals surface area contributed by atoms with E-state index >= 15 is 0 Å².